The standard InChI is InChI=1S/C17H13N2.CH3.Ir.Y/c1-2-12-11-19-16-10-6-5-8-14(16)13-7-3-4-9-15(13)17(19)18-12;;;/h3-8,10-11H,2H2,1H3;1H3;;/q2*-1;;. The number of aryl methyl sites for hydroxylation is 1. The van der Waals surface area contributed by atoms with Gasteiger partial charge in [-0.15, -0.1) is 29.7 Å². The monoisotopic (exact) mass is 542 g/mol. The minimum absolute atomic E-state index is 0. The van der Waals surface area contributed by atoms with Crippen LogP contribution >= 0.6 is 0 Å². The number of hydrogen-bond acceptors (Lipinski definition) is 1. The van der Waals surface area contributed by atoms with Crippen molar-refractivity contribution in [3.63, 3.8) is 0 Å². The first-order valence-corrected chi connectivity index (χ1v) is 6.57. The molecule has 0 aliphatic carbocycles. The Hall–Kier alpha value is -0.597. The summed E-state index contributed by atoms with van der Waals surface area (Å²) in [5.41, 5.74) is 3.33. The van der Waals surface area contributed by atoms with Crippen LogP contribution in [0.15, 0.2) is 48.7 Å². The first-order chi connectivity index (χ1) is 9.38. The van der Waals surface area contributed by atoms with Crippen LogP contribution in [0.5, 0.6) is 0 Å². The smallest absolute Gasteiger partial charge is 0.0612 e. The van der Waals surface area contributed by atoms with Gasteiger partial charge in [-0.3, -0.25) is 4.98 Å². The van der Waals surface area contributed by atoms with Crippen LogP contribution in [-0.2, 0) is 59.2 Å². The summed E-state index contributed by atoms with van der Waals surface area (Å²) in [7, 11) is 0. The Morgan fingerprint density at radius 2 is 1.82 bits per heavy atom. The second-order valence-corrected chi connectivity index (χ2v) is 4.76. The van der Waals surface area contributed by atoms with Gasteiger partial charge in [0.15, 0.2) is 0 Å². The minimum Gasteiger partial charge on any atom is -0.358 e. The molecule has 4 aromatic rings. The molecule has 0 atom stereocenters. The van der Waals surface area contributed by atoms with Gasteiger partial charge in [-0.1, -0.05) is 30.5 Å². The normalized spacial score (nSPS) is 10.0. The molecule has 0 spiro atoms. The number of fused-ring (bicyclic) bond motifs is 6. The molecule has 2 radical (unpaired) electrons. The Labute approximate surface area is 169 Å². The summed E-state index contributed by atoms with van der Waals surface area (Å²) in [6.07, 6.45) is 3.09. The van der Waals surface area contributed by atoms with E-state index in [1.54, 1.807) is 0 Å². The largest absolute Gasteiger partial charge is 0.358 e. The van der Waals surface area contributed by atoms with Crippen molar-refractivity contribution in [3.05, 3.63) is 67.8 Å². The van der Waals surface area contributed by atoms with Gasteiger partial charge in [-0.2, -0.15) is 0 Å². The van der Waals surface area contributed by atoms with Crippen LogP contribution in [0.3, 0.4) is 0 Å². The molecular formula is C18H16IrN2Y-2. The summed E-state index contributed by atoms with van der Waals surface area (Å²) in [6.45, 7) is 2.13. The van der Waals surface area contributed by atoms with E-state index in [0.29, 0.717) is 0 Å². The number of aromatic nitrogens is 2. The average molecular weight is 541 g/mol. The van der Waals surface area contributed by atoms with E-state index in [2.05, 4.69) is 53.9 Å². The molecule has 2 aromatic heterocycles. The van der Waals surface area contributed by atoms with Crippen LogP contribution in [0.25, 0.3) is 27.3 Å². The predicted octanol–water partition coefficient (Wildman–Crippen LogP) is 4.45. The quantitative estimate of drug-likeness (QED) is 0.257. The van der Waals surface area contributed by atoms with Crippen molar-refractivity contribution in [2.75, 3.05) is 0 Å². The number of nitrogens with zero attached hydrogens (tertiary/aromatic N) is 2. The third-order valence-electron chi connectivity index (χ3n) is 3.65. The van der Waals surface area contributed by atoms with Gasteiger partial charge in [0.1, 0.15) is 0 Å². The molecule has 0 amide bonds. The molecule has 2 nitrogen and oxygen atoms in total. The van der Waals surface area contributed by atoms with Gasteiger partial charge in [-0.05, 0) is 17.9 Å². The fourth-order valence-electron chi connectivity index (χ4n) is 2.72. The number of rotatable bonds is 1. The molecule has 22 heavy (non-hydrogen) atoms. The summed E-state index contributed by atoms with van der Waals surface area (Å²) in [5.74, 6) is 0. The predicted molar refractivity (Wildman–Crippen MR) is 84.8 cm³/mol. The first-order valence-electron chi connectivity index (χ1n) is 6.57. The SMILES string of the molecule is CCc1cn2c3ccccc3c3ccc[c-]c3c2n1.[CH3-].[Ir].[Y]. The van der Waals surface area contributed by atoms with E-state index in [1.165, 1.54) is 16.3 Å². The Balaban J connectivity index is 0.000000807. The van der Waals surface area contributed by atoms with Crippen molar-refractivity contribution in [1.29, 1.82) is 0 Å². The number of para-hydroxylation sites is 1. The second kappa shape index (κ2) is 7.79. The number of pyridine rings is 1. The molecule has 0 saturated carbocycles. The van der Waals surface area contributed by atoms with Gasteiger partial charge in [0.05, 0.1) is 5.65 Å². The van der Waals surface area contributed by atoms with Crippen LogP contribution in [0.1, 0.15) is 12.6 Å². The minimum atomic E-state index is 0. The molecule has 0 N–H and O–H groups in total. The van der Waals surface area contributed by atoms with E-state index in [0.717, 1.165) is 23.1 Å². The number of imidazole rings is 1. The summed E-state index contributed by atoms with van der Waals surface area (Å²) in [4.78, 5) is 4.74. The molecule has 0 fully saturated rings. The zero-order chi connectivity index (χ0) is 12.8. The molecule has 2 aromatic carbocycles. The van der Waals surface area contributed by atoms with Crippen LogP contribution in [-0.4, -0.2) is 9.38 Å². The summed E-state index contributed by atoms with van der Waals surface area (Å²) in [6, 6.07) is 17.9. The second-order valence-electron chi connectivity index (χ2n) is 4.76. The van der Waals surface area contributed by atoms with Crippen molar-refractivity contribution < 1.29 is 52.8 Å². The molecule has 0 bridgehead atoms. The van der Waals surface area contributed by atoms with Crippen molar-refractivity contribution in [3.8, 4) is 0 Å². The topological polar surface area (TPSA) is 17.3 Å². The van der Waals surface area contributed by atoms with Crippen molar-refractivity contribution in [1.82, 2.24) is 9.38 Å². The molecule has 0 saturated heterocycles. The summed E-state index contributed by atoms with van der Waals surface area (Å²) in [5, 5.41) is 3.57. The van der Waals surface area contributed by atoms with Gasteiger partial charge in [0.25, 0.3) is 0 Å². The zero-order valence-corrected chi connectivity index (χ0v) is 17.9. The average Bonchev–Trinajstić information content (AvgIpc) is 2.92. The van der Waals surface area contributed by atoms with E-state index in [9.17, 15) is 0 Å². The van der Waals surface area contributed by atoms with Crippen molar-refractivity contribution >= 4 is 27.3 Å². The Kier molecular flexibility index (Phi) is 6.89. The summed E-state index contributed by atoms with van der Waals surface area (Å²) >= 11 is 0. The maximum absolute atomic E-state index is 4.74. The maximum atomic E-state index is 4.74. The van der Waals surface area contributed by atoms with Crippen molar-refractivity contribution in [2.24, 2.45) is 0 Å². The fourth-order valence-corrected chi connectivity index (χ4v) is 2.72. The molecule has 2 heterocycles. The third kappa shape index (κ3) is 2.92. The van der Waals surface area contributed by atoms with E-state index in [1.807, 2.05) is 12.1 Å². The van der Waals surface area contributed by atoms with Crippen LogP contribution in [0, 0.1) is 13.5 Å². The van der Waals surface area contributed by atoms with Gasteiger partial charge in [-0.25, -0.2) is 0 Å². The molecule has 4 rings (SSSR count). The molecule has 0 aliphatic rings. The van der Waals surface area contributed by atoms with Gasteiger partial charge < -0.3 is 11.8 Å². The number of benzene rings is 2. The Morgan fingerprint density at radius 3 is 2.59 bits per heavy atom. The molecule has 0 aliphatic heterocycles. The van der Waals surface area contributed by atoms with Crippen LogP contribution in [0.4, 0.5) is 0 Å². The van der Waals surface area contributed by atoms with Gasteiger partial charge >= 0.3 is 0 Å². The Morgan fingerprint density at radius 1 is 1.09 bits per heavy atom. The number of hydrogen-bond donors (Lipinski definition) is 0. The van der Waals surface area contributed by atoms with Gasteiger partial charge in [0.2, 0.25) is 0 Å². The third-order valence-corrected chi connectivity index (χ3v) is 3.65. The van der Waals surface area contributed by atoms with E-state index >= 15 is 0 Å². The summed E-state index contributed by atoms with van der Waals surface area (Å²) < 4.78 is 2.19. The molecule has 112 valence electrons. The first kappa shape index (κ1) is 19.4. The fraction of sp³-hybridized carbons (Fsp3) is 0.111. The Bertz CT molecular complexity index is 842. The van der Waals surface area contributed by atoms with E-state index in [4.69, 9.17) is 4.98 Å². The van der Waals surface area contributed by atoms with Crippen molar-refractivity contribution in [2.45, 2.75) is 13.3 Å². The molecular weight excluding hydrogens is 525 g/mol. The van der Waals surface area contributed by atoms with Crippen LogP contribution in [0.2, 0.25) is 0 Å². The molecule has 0 unspecified atom stereocenters. The maximum Gasteiger partial charge on any atom is 0.0612 e. The van der Waals surface area contributed by atoms with Crippen LogP contribution < -0.4 is 0 Å². The van der Waals surface area contributed by atoms with E-state index in [-0.39, 0.29) is 60.2 Å². The zero-order valence-electron chi connectivity index (χ0n) is 12.6. The molecule has 4 heteroatoms. The van der Waals surface area contributed by atoms with Gasteiger partial charge in [0, 0.05) is 70.2 Å². The van der Waals surface area contributed by atoms with E-state index < -0.39 is 0 Å².